The van der Waals surface area contributed by atoms with Crippen LogP contribution in [0.25, 0.3) is 0 Å². The van der Waals surface area contributed by atoms with Crippen molar-refractivity contribution in [2.24, 2.45) is 0 Å². The summed E-state index contributed by atoms with van der Waals surface area (Å²) in [5.74, 6) is 0.162. The van der Waals surface area contributed by atoms with E-state index in [2.05, 4.69) is 29.4 Å². The van der Waals surface area contributed by atoms with Gasteiger partial charge in [0.1, 0.15) is 0 Å². The van der Waals surface area contributed by atoms with Crippen molar-refractivity contribution in [2.45, 2.75) is 24.8 Å². The van der Waals surface area contributed by atoms with Gasteiger partial charge in [0.15, 0.2) is 0 Å². The Balaban J connectivity index is 1.93. The van der Waals surface area contributed by atoms with Crippen molar-refractivity contribution in [1.82, 2.24) is 4.31 Å². The van der Waals surface area contributed by atoms with Crippen LogP contribution in [0.2, 0.25) is 0 Å². The Hall–Kier alpha value is -1.78. The van der Waals surface area contributed by atoms with Crippen LogP contribution in [0.15, 0.2) is 59.5 Å². The molecule has 3 nitrogen and oxygen atoms in total. The third kappa shape index (κ3) is 3.34. The smallest absolute Gasteiger partial charge is 0.242 e. The van der Waals surface area contributed by atoms with E-state index in [1.165, 1.54) is 0 Å². The first kappa shape index (κ1) is 15.1. The maximum atomic E-state index is 12.7. The number of benzene rings is 2. The lowest BCUT2D eigenvalue weighted by molar-refractivity contribution is -0.118. The highest BCUT2D eigenvalue weighted by Gasteiger charge is 2.26. The minimum atomic E-state index is 0.162. The summed E-state index contributed by atoms with van der Waals surface area (Å²) in [5.41, 5.74) is 2.17. The van der Waals surface area contributed by atoms with Crippen molar-refractivity contribution in [1.29, 1.82) is 0 Å². The minimum absolute atomic E-state index is 0.162. The summed E-state index contributed by atoms with van der Waals surface area (Å²) in [7, 11) is 0. The van der Waals surface area contributed by atoms with E-state index in [0.29, 0.717) is 13.1 Å². The summed E-state index contributed by atoms with van der Waals surface area (Å²) in [6, 6.07) is 18.3. The maximum absolute atomic E-state index is 12.7. The van der Waals surface area contributed by atoms with Gasteiger partial charge < -0.3 is 4.90 Å². The average molecular weight is 312 g/mol. The highest BCUT2D eigenvalue weighted by molar-refractivity contribution is 7.97. The van der Waals surface area contributed by atoms with Crippen LogP contribution in [0.1, 0.15) is 18.9 Å². The van der Waals surface area contributed by atoms with Gasteiger partial charge >= 0.3 is 0 Å². The Morgan fingerprint density at radius 2 is 1.77 bits per heavy atom. The number of carbonyl (C=O) groups is 1. The highest BCUT2D eigenvalue weighted by Crippen LogP contribution is 2.36. The predicted octanol–water partition coefficient (Wildman–Crippen LogP) is 3.95. The molecule has 1 aliphatic heterocycles. The number of hydrogen-bond acceptors (Lipinski definition) is 3. The van der Waals surface area contributed by atoms with Gasteiger partial charge in [0, 0.05) is 11.4 Å². The van der Waals surface area contributed by atoms with E-state index in [-0.39, 0.29) is 5.91 Å². The third-order valence-electron chi connectivity index (χ3n) is 3.65. The number of rotatable bonds is 4. The summed E-state index contributed by atoms with van der Waals surface area (Å²) in [5, 5.41) is 0. The zero-order valence-corrected chi connectivity index (χ0v) is 13.6. The monoisotopic (exact) mass is 312 g/mol. The number of fused-ring (bicyclic) bond motifs is 1. The molecule has 114 valence electrons. The van der Waals surface area contributed by atoms with E-state index in [9.17, 15) is 4.79 Å². The predicted molar refractivity (Wildman–Crippen MR) is 91.8 cm³/mol. The largest absolute Gasteiger partial charge is 0.306 e. The van der Waals surface area contributed by atoms with Gasteiger partial charge in [0.25, 0.3) is 0 Å². The van der Waals surface area contributed by atoms with Crippen LogP contribution >= 0.6 is 11.9 Å². The molecule has 0 radical (unpaired) electrons. The van der Waals surface area contributed by atoms with E-state index in [0.717, 1.165) is 29.1 Å². The number of carbonyl (C=O) groups excluding carboxylic acids is 1. The van der Waals surface area contributed by atoms with Crippen molar-refractivity contribution in [3.63, 3.8) is 0 Å². The molecule has 1 amide bonds. The standard InChI is InChI=1S/C18H20N2OS/c1-2-12-19-14-18(21)20(13-15-8-4-3-5-9-15)16-10-6-7-11-17(16)22-19/h3-11H,2,12-14H2,1H3. The van der Waals surface area contributed by atoms with Crippen LogP contribution in [0.3, 0.4) is 0 Å². The summed E-state index contributed by atoms with van der Waals surface area (Å²) >= 11 is 1.69. The Morgan fingerprint density at radius 3 is 2.55 bits per heavy atom. The highest BCUT2D eigenvalue weighted by atomic mass is 32.2. The molecule has 0 spiro atoms. The molecule has 2 aromatic carbocycles. The van der Waals surface area contributed by atoms with Crippen LogP contribution in [0.4, 0.5) is 5.69 Å². The summed E-state index contributed by atoms with van der Waals surface area (Å²) in [4.78, 5) is 15.8. The first-order valence-corrected chi connectivity index (χ1v) is 8.41. The van der Waals surface area contributed by atoms with Crippen LogP contribution in [0, 0.1) is 0 Å². The van der Waals surface area contributed by atoms with Crippen molar-refractivity contribution in [2.75, 3.05) is 18.0 Å². The Morgan fingerprint density at radius 1 is 1.05 bits per heavy atom. The molecule has 1 aliphatic rings. The van der Waals surface area contributed by atoms with Gasteiger partial charge in [-0.25, -0.2) is 4.31 Å². The summed E-state index contributed by atoms with van der Waals surface area (Å²) in [6.45, 7) is 4.14. The SMILES string of the molecule is CCCN1CC(=O)N(Cc2ccccc2)c2ccccc2S1. The number of anilines is 1. The molecule has 0 fully saturated rings. The van der Waals surface area contributed by atoms with E-state index in [1.807, 2.05) is 41.3 Å². The van der Waals surface area contributed by atoms with Gasteiger partial charge in [0.05, 0.1) is 18.8 Å². The molecule has 3 rings (SSSR count). The normalized spacial score (nSPS) is 15.5. The molecule has 2 aromatic rings. The Bertz CT molecular complexity index is 645. The van der Waals surface area contributed by atoms with Gasteiger partial charge in [-0.15, -0.1) is 0 Å². The summed E-state index contributed by atoms with van der Waals surface area (Å²) in [6.07, 6.45) is 1.04. The van der Waals surface area contributed by atoms with Crippen LogP contribution in [0.5, 0.6) is 0 Å². The Labute approximate surface area is 136 Å². The molecule has 0 bridgehead atoms. The molecular formula is C18H20N2OS. The zero-order valence-electron chi connectivity index (χ0n) is 12.7. The third-order valence-corrected chi connectivity index (χ3v) is 4.76. The fourth-order valence-corrected chi connectivity index (χ4v) is 3.75. The summed E-state index contributed by atoms with van der Waals surface area (Å²) < 4.78 is 2.16. The lowest BCUT2D eigenvalue weighted by atomic mass is 10.2. The maximum Gasteiger partial charge on any atom is 0.242 e. The molecule has 0 aromatic heterocycles. The Kier molecular flexibility index (Phi) is 4.80. The van der Waals surface area contributed by atoms with Gasteiger partial charge in [-0.05, 0) is 36.1 Å². The van der Waals surface area contributed by atoms with Crippen molar-refractivity contribution in [3.8, 4) is 0 Å². The topological polar surface area (TPSA) is 23.6 Å². The second kappa shape index (κ2) is 6.99. The molecule has 4 heteroatoms. The lowest BCUT2D eigenvalue weighted by Gasteiger charge is -2.22. The van der Waals surface area contributed by atoms with Gasteiger partial charge in [-0.2, -0.15) is 0 Å². The van der Waals surface area contributed by atoms with Gasteiger partial charge in [0.2, 0.25) is 5.91 Å². The van der Waals surface area contributed by atoms with E-state index < -0.39 is 0 Å². The second-order valence-corrected chi connectivity index (χ2v) is 6.53. The molecule has 0 unspecified atom stereocenters. The molecule has 0 aliphatic carbocycles. The molecule has 0 saturated heterocycles. The molecule has 0 saturated carbocycles. The number of hydrogen-bond donors (Lipinski definition) is 0. The van der Waals surface area contributed by atoms with Crippen molar-refractivity contribution >= 4 is 23.5 Å². The van der Waals surface area contributed by atoms with E-state index in [4.69, 9.17) is 0 Å². The fraction of sp³-hybridized carbons (Fsp3) is 0.278. The number of para-hydroxylation sites is 1. The molecule has 0 N–H and O–H groups in total. The van der Waals surface area contributed by atoms with Crippen LogP contribution < -0.4 is 4.90 Å². The lowest BCUT2D eigenvalue weighted by Crippen LogP contribution is -2.36. The van der Waals surface area contributed by atoms with Crippen LogP contribution in [-0.4, -0.2) is 23.3 Å². The number of amides is 1. The van der Waals surface area contributed by atoms with Gasteiger partial charge in [-0.1, -0.05) is 49.4 Å². The molecule has 0 atom stereocenters. The molecular weight excluding hydrogens is 292 g/mol. The van der Waals surface area contributed by atoms with E-state index in [1.54, 1.807) is 11.9 Å². The first-order chi connectivity index (χ1) is 10.8. The minimum Gasteiger partial charge on any atom is -0.306 e. The quantitative estimate of drug-likeness (QED) is 0.799. The zero-order chi connectivity index (χ0) is 15.4. The average Bonchev–Trinajstić information content (AvgIpc) is 2.66. The van der Waals surface area contributed by atoms with Crippen molar-refractivity contribution in [3.05, 3.63) is 60.2 Å². The molecule has 1 heterocycles. The van der Waals surface area contributed by atoms with Crippen LogP contribution in [-0.2, 0) is 11.3 Å². The van der Waals surface area contributed by atoms with E-state index >= 15 is 0 Å². The number of nitrogens with zero attached hydrogens (tertiary/aromatic N) is 2. The van der Waals surface area contributed by atoms with Gasteiger partial charge in [-0.3, -0.25) is 4.79 Å². The molecule has 22 heavy (non-hydrogen) atoms. The second-order valence-electron chi connectivity index (χ2n) is 5.39. The fourth-order valence-electron chi connectivity index (χ4n) is 2.61. The first-order valence-electron chi connectivity index (χ1n) is 7.64. The van der Waals surface area contributed by atoms with Crippen molar-refractivity contribution < 1.29 is 4.79 Å².